The molecule has 2 heterocycles. The lowest BCUT2D eigenvalue weighted by Crippen LogP contribution is -2.37. The van der Waals surface area contributed by atoms with Crippen molar-refractivity contribution >= 4 is 21.6 Å². The SMILES string of the molecule is Brc1ccncc1N1CCC1. The van der Waals surface area contributed by atoms with Crippen LogP contribution in [-0.2, 0) is 0 Å². The van der Waals surface area contributed by atoms with Crippen LogP contribution in [0.4, 0.5) is 5.69 Å². The van der Waals surface area contributed by atoms with Crippen LogP contribution in [0.15, 0.2) is 22.9 Å². The summed E-state index contributed by atoms with van der Waals surface area (Å²) in [5.74, 6) is 0. The minimum atomic E-state index is 1.15. The van der Waals surface area contributed by atoms with Crippen LogP contribution in [0.2, 0.25) is 0 Å². The van der Waals surface area contributed by atoms with Crippen LogP contribution in [0.5, 0.6) is 0 Å². The largest absolute Gasteiger partial charge is 0.369 e. The maximum Gasteiger partial charge on any atom is 0.0697 e. The van der Waals surface area contributed by atoms with Crippen LogP contribution in [0.1, 0.15) is 6.42 Å². The van der Waals surface area contributed by atoms with Gasteiger partial charge in [-0.3, -0.25) is 4.98 Å². The minimum Gasteiger partial charge on any atom is -0.369 e. The van der Waals surface area contributed by atoms with E-state index in [9.17, 15) is 0 Å². The molecule has 0 bridgehead atoms. The number of nitrogens with zero attached hydrogens (tertiary/aromatic N) is 2. The molecule has 2 nitrogen and oxygen atoms in total. The van der Waals surface area contributed by atoms with Gasteiger partial charge >= 0.3 is 0 Å². The topological polar surface area (TPSA) is 16.1 Å². The van der Waals surface area contributed by atoms with Crippen LogP contribution < -0.4 is 4.90 Å². The predicted octanol–water partition coefficient (Wildman–Crippen LogP) is 2.05. The summed E-state index contributed by atoms with van der Waals surface area (Å²) in [5.41, 5.74) is 1.22. The molecule has 3 heteroatoms. The Morgan fingerprint density at radius 1 is 1.45 bits per heavy atom. The first-order valence-electron chi connectivity index (χ1n) is 3.72. The van der Waals surface area contributed by atoms with Crippen molar-refractivity contribution < 1.29 is 0 Å². The fourth-order valence-electron chi connectivity index (χ4n) is 1.16. The van der Waals surface area contributed by atoms with Crippen molar-refractivity contribution in [2.75, 3.05) is 18.0 Å². The summed E-state index contributed by atoms with van der Waals surface area (Å²) in [6, 6.07) is 1.98. The van der Waals surface area contributed by atoms with Crippen molar-refractivity contribution in [2.24, 2.45) is 0 Å². The van der Waals surface area contributed by atoms with E-state index < -0.39 is 0 Å². The van der Waals surface area contributed by atoms with Gasteiger partial charge < -0.3 is 4.90 Å². The van der Waals surface area contributed by atoms with E-state index in [0.29, 0.717) is 0 Å². The van der Waals surface area contributed by atoms with Crippen molar-refractivity contribution in [3.05, 3.63) is 22.9 Å². The molecule has 1 fully saturated rings. The van der Waals surface area contributed by atoms with Crippen molar-refractivity contribution in [2.45, 2.75) is 6.42 Å². The molecular formula is C8H9BrN2. The number of aromatic nitrogens is 1. The molecule has 2 rings (SSSR count). The predicted molar refractivity (Wildman–Crippen MR) is 48.8 cm³/mol. The zero-order chi connectivity index (χ0) is 7.68. The minimum absolute atomic E-state index is 1.15. The average Bonchev–Trinajstić information content (AvgIpc) is 1.90. The second-order valence-corrected chi connectivity index (χ2v) is 3.52. The number of rotatable bonds is 1. The number of hydrogen-bond donors (Lipinski definition) is 0. The second-order valence-electron chi connectivity index (χ2n) is 2.67. The lowest BCUT2D eigenvalue weighted by Gasteiger charge is -2.33. The monoisotopic (exact) mass is 212 g/mol. The molecule has 0 radical (unpaired) electrons. The van der Waals surface area contributed by atoms with E-state index in [4.69, 9.17) is 0 Å². The van der Waals surface area contributed by atoms with Crippen molar-refractivity contribution in [3.8, 4) is 0 Å². The highest BCUT2D eigenvalue weighted by atomic mass is 79.9. The van der Waals surface area contributed by atoms with Crippen LogP contribution >= 0.6 is 15.9 Å². The normalized spacial score (nSPS) is 16.3. The first-order chi connectivity index (χ1) is 5.38. The van der Waals surface area contributed by atoms with Gasteiger partial charge in [-0.15, -0.1) is 0 Å². The van der Waals surface area contributed by atoms with Gasteiger partial charge in [0.25, 0.3) is 0 Å². The molecule has 1 aromatic heterocycles. The van der Waals surface area contributed by atoms with Crippen molar-refractivity contribution in [1.82, 2.24) is 4.98 Å². The summed E-state index contributed by atoms with van der Waals surface area (Å²) in [4.78, 5) is 6.39. The Balaban J connectivity index is 2.28. The van der Waals surface area contributed by atoms with Gasteiger partial charge in [-0.1, -0.05) is 0 Å². The smallest absolute Gasteiger partial charge is 0.0697 e. The molecule has 58 valence electrons. The van der Waals surface area contributed by atoms with Crippen LogP contribution in [0.25, 0.3) is 0 Å². The molecule has 0 spiro atoms. The molecule has 0 N–H and O–H groups in total. The van der Waals surface area contributed by atoms with Gasteiger partial charge in [0.05, 0.1) is 11.9 Å². The van der Waals surface area contributed by atoms with Crippen LogP contribution in [0.3, 0.4) is 0 Å². The Bertz CT molecular complexity index is 258. The molecule has 1 aliphatic heterocycles. The zero-order valence-corrected chi connectivity index (χ0v) is 7.71. The highest BCUT2D eigenvalue weighted by Gasteiger charge is 2.16. The van der Waals surface area contributed by atoms with E-state index >= 15 is 0 Å². The molecular weight excluding hydrogens is 204 g/mol. The summed E-state index contributed by atoms with van der Waals surface area (Å²) in [5, 5.41) is 0. The van der Waals surface area contributed by atoms with Gasteiger partial charge in [-0.2, -0.15) is 0 Å². The third-order valence-corrected chi connectivity index (χ3v) is 2.62. The number of hydrogen-bond acceptors (Lipinski definition) is 2. The van der Waals surface area contributed by atoms with Gasteiger partial charge in [0, 0.05) is 23.8 Å². The third kappa shape index (κ3) is 1.25. The molecule has 0 amide bonds. The van der Waals surface area contributed by atoms with Crippen LogP contribution in [-0.4, -0.2) is 18.1 Å². The molecule has 11 heavy (non-hydrogen) atoms. The lowest BCUT2D eigenvalue weighted by molar-refractivity contribution is 0.615. The van der Waals surface area contributed by atoms with E-state index in [1.807, 2.05) is 12.3 Å². The summed E-state index contributed by atoms with van der Waals surface area (Å²) in [6.45, 7) is 2.34. The maximum absolute atomic E-state index is 4.08. The Morgan fingerprint density at radius 3 is 2.82 bits per heavy atom. The molecule has 1 aromatic rings. The van der Waals surface area contributed by atoms with Crippen LogP contribution in [0, 0.1) is 0 Å². The third-order valence-electron chi connectivity index (χ3n) is 1.95. The quantitative estimate of drug-likeness (QED) is 0.709. The molecule has 1 aliphatic rings. The number of pyridine rings is 1. The number of anilines is 1. The Hall–Kier alpha value is -0.570. The summed E-state index contributed by atoms with van der Waals surface area (Å²) >= 11 is 3.49. The van der Waals surface area contributed by atoms with Crippen molar-refractivity contribution in [1.29, 1.82) is 0 Å². The molecule has 0 aliphatic carbocycles. The zero-order valence-electron chi connectivity index (χ0n) is 6.13. The second kappa shape index (κ2) is 2.81. The van der Waals surface area contributed by atoms with Gasteiger partial charge in [0.15, 0.2) is 0 Å². The maximum atomic E-state index is 4.08. The molecule has 0 saturated carbocycles. The first kappa shape index (κ1) is 7.10. The molecule has 0 atom stereocenters. The summed E-state index contributed by atoms with van der Waals surface area (Å²) < 4.78 is 1.15. The fourth-order valence-corrected chi connectivity index (χ4v) is 1.63. The molecule has 1 saturated heterocycles. The van der Waals surface area contributed by atoms with E-state index in [2.05, 4.69) is 25.8 Å². The fraction of sp³-hybridized carbons (Fsp3) is 0.375. The van der Waals surface area contributed by atoms with Gasteiger partial charge in [0.2, 0.25) is 0 Å². The highest BCUT2D eigenvalue weighted by Crippen LogP contribution is 2.27. The Kier molecular flexibility index (Phi) is 1.82. The van der Waals surface area contributed by atoms with Gasteiger partial charge in [-0.25, -0.2) is 0 Å². The van der Waals surface area contributed by atoms with E-state index in [1.165, 1.54) is 25.2 Å². The summed E-state index contributed by atoms with van der Waals surface area (Å²) in [7, 11) is 0. The molecule has 0 aromatic carbocycles. The summed E-state index contributed by atoms with van der Waals surface area (Å²) in [6.07, 6.45) is 5.01. The average molecular weight is 213 g/mol. The van der Waals surface area contributed by atoms with Crippen molar-refractivity contribution in [3.63, 3.8) is 0 Å². The Morgan fingerprint density at radius 2 is 2.27 bits per heavy atom. The van der Waals surface area contributed by atoms with E-state index in [-0.39, 0.29) is 0 Å². The lowest BCUT2D eigenvalue weighted by atomic mass is 10.2. The Labute approximate surface area is 74.4 Å². The standard InChI is InChI=1S/C8H9BrN2/c9-7-2-3-10-6-8(7)11-4-1-5-11/h2-3,6H,1,4-5H2. The van der Waals surface area contributed by atoms with E-state index in [1.54, 1.807) is 6.20 Å². The van der Waals surface area contributed by atoms with Gasteiger partial charge in [-0.05, 0) is 28.4 Å². The number of halogens is 1. The van der Waals surface area contributed by atoms with E-state index in [0.717, 1.165) is 4.47 Å². The molecule has 0 unspecified atom stereocenters. The van der Waals surface area contributed by atoms with Gasteiger partial charge in [0.1, 0.15) is 0 Å². The first-order valence-corrected chi connectivity index (χ1v) is 4.52. The highest BCUT2D eigenvalue weighted by molar-refractivity contribution is 9.10.